The van der Waals surface area contributed by atoms with Crippen LogP contribution in [-0.4, -0.2) is 50.2 Å². The van der Waals surface area contributed by atoms with Gasteiger partial charge < -0.3 is 14.4 Å². The number of sulfone groups is 1. The molecule has 2 aromatic rings. The first-order valence-corrected chi connectivity index (χ1v) is 10.8. The van der Waals surface area contributed by atoms with E-state index in [-0.39, 0.29) is 23.0 Å². The molecule has 8 heteroatoms. The van der Waals surface area contributed by atoms with E-state index in [0.717, 1.165) is 11.3 Å². The first kappa shape index (κ1) is 20.1. The molecule has 0 spiro atoms. The molecule has 0 radical (unpaired) electrons. The zero-order chi connectivity index (χ0) is 20.1. The minimum Gasteiger partial charge on any atom is -0.497 e. The van der Waals surface area contributed by atoms with E-state index in [1.807, 2.05) is 13.0 Å². The Morgan fingerprint density at radius 1 is 1.18 bits per heavy atom. The highest BCUT2D eigenvalue weighted by molar-refractivity contribution is 7.91. The number of amides is 1. The van der Waals surface area contributed by atoms with Crippen LogP contribution in [0.25, 0.3) is 0 Å². The minimum absolute atomic E-state index is 0.0475. The van der Waals surface area contributed by atoms with E-state index in [4.69, 9.17) is 9.47 Å². The largest absolute Gasteiger partial charge is 0.497 e. The third-order valence-electron chi connectivity index (χ3n) is 4.67. The number of benzene rings is 1. The monoisotopic (exact) mass is 404 g/mol. The summed E-state index contributed by atoms with van der Waals surface area (Å²) in [4.78, 5) is 18.9. The van der Waals surface area contributed by atoms with Crippen molar-refractivity contribution in [1.82, 2.24) is 9.88 Å². The zero-order valence-electron chi connectivity index (χ0n) is 16.1. The van der Waals surface area contributed by atoms with Crippen LogP contribution in [0.3, 0.4) is 0 Å². The molecule has 1 aromatic heterocycles. The zero-order valence-corrected chi connectivity index (χ0v) is 16.9. The molecule has 1 amide bonds. The number of nitrogens with zero attached hydrogens (tertiary/aromatic N) is 2. The lowest BCUT2D eigenvalue weighted by molar-refractivity contribution is -0.131. The number of hydrogen-bond donors (Lipinski definition) is 0. The van der Waals surface area contributed by atoms with Gasteiger partial charge in [0.15, 0.2) is 9.84 Å². The van der Waals surface area contributed by atoms with Crippen molar-refractivity contribution in [3.8, 4) is 11.6 Å². The number of aromatic nitrogens is 1. The molecule has 0 saturated heterocycles. The minimum atomic E-state index is -3.52. The lowest BCUT2D eigenvalue weighted by Gasteiger charge is -2.28. The lowest BCUT2D eigenvalue weighted by atomic mass is 10.1. The highest BCUT2D eigenvalue weighted by Gasteiger charge is 2.24. The van der Waals surface area contributed by atoms with Crippen LogP contribution < -0.4 is 9.47 Å². The Balaban J connectivity index is 1.60. The van der Waals surface area contributed by atoms with Crippen LogP contribution in [0.4, 0.5) is 0 Å². The summed E-state index contributed by atoms with van der Waals surface area (Å²) in [6, 6.07) is 9.90. The fourth-order valence-corrected chi connectivity index (χ4v) is 4.35. The molecule has 2 heterocycles. The Kier molecular flexibility index (Phi) is 6.18. The van der Waals surface area contributed by atoms with Gasteiger partial charge >= 0.3 is 0 Å². The van der Waals surface area contributed by atoms with Gasteiger partial charge in [0.2, 0.25) is 11.8 Å². The summed E-state index contributed by atoms with van der Waals surface area (Å²) in [7, 11) is -2.00. The van der Waals surface area contributed by atoms with Crippen molar-refractivity contribution in [3.05, 3.63) is 47.7 Å². The van der Waals surface area contributed by atoms with Crippen molar-refractivity contribution in [2.45, 2.75) is 31.2 Å². The topological polar surface area (TPSA) is 85.8 Å². The van der Waals surface area contributed by atoms with Crippen molar-refractivity contribution >= 4 is 15.7 Å². The molecule has 0 aliphatic carbocycles. The number of pyridine rings is 1. The van der Waals surface area contributed by atoms with Crippen molar-refractivity contribution in [2.24, 2.45) is 0 Å². The van der Waals surface area contributed by atoms with Gasteiger partial charge in [0, 0.05) is 32.0 Å². The molecular weight excluding hydrogens is 380 g/mol. The van der Waals surface area contributed by atoms with E-state index in [9.17, 15) is 13.2 Å². The van der Waals surface area contributed by atoms with E-state index in [2.05, 4.69) is 4.98 Å². The number of ether oxygens (including phenoxy) is 2. The van der Waals surface area contributed by atoms with Crippen LogP contribution in [-0.2, 0) is 27.6 Å². The molecule has 0 N–H and O–H groups in total. The molecule has 7 nitrogen and oxygen atoms in total. The second-order valence-electron chi connectivity index (χ2n) is 6.50. The molecule has 28 heavy (non-hydrogen) atoms. The summed E-state index contributed by atoms with van der Waals surface area (Å²) in [5.41, 5.74) is 1.90. The smallest absolute Gasteiger partial charge is 0.223 e. The molecule has 0 bridgehead atoms. The van der Waals surface area contributed by atoms with Crippen LogP contribution in [0, 0.1) is 0 Å². The Bertz CT molecular complexity index is 942. The molecule has 0 fully saturated rings. The van der Waals surface area contributed by atoms with E-state index < -0.39 is 9.84 Å². The van der Waals surface area contributed by atoms with Gasteiger partial charge in [-0.1, -0.05) is 6.07 Å². The fourth-order valence-electron chi connectivity index (χ4n) is 3.12. The molecule has 0 saturated carbocycles. The summed E-state index contributed by atoms with van der Waals surface area (Å²) >= 11 is 0. The highest BCUT2D eigenvalue weighted by Crippen LogP contribution is 2.22. The predicted molar refractivity (Wildman–Crippen MR) is 104 cm³/mol. The SMILES string of the molecule is CCOc1ccc2c(n1)CCN(C(=O)CCS(=O)(=O)c1ccc(OC)cc1)C2. The second kappa shape index (κ2) is 8.60. The molecule has 1 aliphatic heterocycles. The molecule has 0 atom stereocenters. The summed E-state index contributed by atoms with van der Waals surface area (Å²) in [6.45, 7) is 3.42. The molecule has 3 rings (SSSR count). The predicted octanol–water partition coefficient (Wildman–Crippen LogP) is 2.24. The summed E-state index contributed by atoms with van der Waals surface area (Å²) < 4.78 is 35.4. The maximum atomic E-state index is 12.6. The van der Waals surface area contributed by atoms with E-state index >= 15 is 0 Å². The molecule has 1 aliphatic rings. The summed E-state index contributed by atoms with van der Waals surface area (Å²) in [6.07, 6.45) is 0.585. The van der Waals surface area contributed by atoms with Gasteiger partial charge in [0.1, 0.15) is 5.75 Å². The average molecular weight is 404 g/mol. The van der Waals surface area contributed by atoms with E-state index in [0.29, 0.717) is 37.7 Å². The van der Waals surface area contributed by atoms with Crippen molar-refractivity contribution in [2.75, 3.05) is 26.0 Å². The standard InChI is InChI=1S/C20H24N2O5S/c1-3-27-19-9-4-15-14-22(12-10-18(15)21-19)20(23)11-13-28(24,25)17-7-5-16(26-2)6-8-17/h4-9H,3,10-14H2,1-2H3. The number of methoxy groups -OCH3 is 1. The maximum absolute atomic E-state index is 12.6. The van der Waals surface area contributed by atoms with Crippen molar-refractivity contribution < 1.29 is 22.7 Å². The Morgan fingerprint density at radius 3 is 2.61 bits per heavy atom. The van der Waals surface area contributed by atoms with Crippen molar-refractivity contribution in [1.29, 1.82) is 0 Å². The Morgan fingerprint density at radius 2 is 1.93 bits per heavy atom. The molecular formula is C20H24N2O5S. The normalized spacial score (nSPS) is 13.7. The van der Waals surface area contributed by atoms with Crippen LogP contribution in [0.2, 0.25) is 0 Å². The Labute approximate surface area is 165 Å². The lowest BCUT2D eigenvalue weighted by Crippen LogP contribution is -2.37. The van der Waals surface area contributed by atoms with E-state index in [1.165, 1.54) is 19.2 Å². The third kappa shape index (κ3) is 4.62. The molecule has 150 valence electrons. The van der Waals surface area contributed by atoms with Crippen LogP contribution in [0.5, 0.6) is 11.6 Å². The average Bonchev–Trinajstić information content (AvgIpc) is 2.72. The van der Waals surface area contributed by atoms with Crippen LogP contribution in [0.15, 0.2) is 41.3 Å². The first-order chi connectivity index (χ1) is 13.4. The number of carbonyl (C=O) groups is 1. The number of hydrogen-bond acceptors (Lipinski definition) is 6. The third-order valence-corrected chi connectivity index (χ3v) is 6.40. The van der Waals surface area contributed by atoms with Gasteiger partial charge in [-0.2, -0.15) is 0 Å². The molecule has 1 aromatic carbocycles. The van der Waals surface area contributed by atoms with Gasteiger partial charge in [0.05, 0.1) is 30.1 Å². The van der Waals surface area contributed by atoms with Gasteiger partial charge in [-0.15, -0.1) is 0 Å². The van der Waals surface area contributed by atoms with Gasteiger partial charge in [-0.05, 0) is 36.8 Å². The quantitative estimate of drug-likeness (QED) is 0.704. The summed E-state index contributed by atoms with van der Waals surface area (Å²) in [5.74, 6) is 0.787. The number of carbonyl (C=O) groups excluding carboxylic acids is 1. The molecule has 0 unspecified atom stereocenters. The van der Waals surface area contributed by atoms with Gasteiger partial charge in [-0.25, -0.2) is 13.4 Å². The first-order valence-electron chi connectivity index (χ1n) is 9.19. The van der Waals surface area contributed by atoms with Gasteiger partial charge in [0.25, 0.3) is 0 Å². The number of rotatable bonds is 7. The number of fused-ring (bicyclic) bond motifs is 1. The van der Waals surface area contributed by atoms with E-state index in [1.54, 1.807) is 23.1 Å². The highest BCUT2D eigenvalue weighted by atomic mass is 32.2. The summed E-state index contributed by atoms with van der Waals surface area (Å²) in [5, 5.41) is 0. The van der Waals surface area contributed by atoms with Crippen LogP contribution in [0.1, 0.15) is 24.6 Å². The fraction of sp³-hybridized carbons (Fsp3) is 0.400. The van der Waals surface area contributed by atoms with Crippen molar-refractivity contribution in [3.63, 3.8) is 0 Å². The maximum Gasteiger partial charge on any atom is 0.223 e. The van der Waals surface area contributed by atoms with Gasteiger partial charge in [-0.3, -0.25) is 4.79 Å². The Hall–Kier alpha value is -2.61. The van der Waals surface area contributed by atoms with Crippen LogP contribution >= 0.6 is 0 Å². The second-order valence-corrected chi connectivity index (χ2v) is 8.61.